The lowest BCUT2D eigenvalue weighted by atomic mass is 10.0. The van der Waals surface area contributed by atoms with Crippen molar-refractivity contribution in [2.75, 3.05) is 25.1 Å². The molecule has 2 aromatic heterocycles. The Morgan fingerprint density at radius 1 is 1.33 bits per heavy atom. The molecule has 27 heavy (non-hydrogen) atoms. The zero-order chi connectivity index (χ0) is 18.8. The minimum Gasteiger partial charge on any atom is -0.491 e. The molecule has 2 N–H and O–H groups in total. The summed E-state index contributed by atoms with van der Waals surface area (Å²) in [6, 6.07) is 5.22. The van der Waals surface area contributed by atoms with E-state index in [1.807, 2.05) is 0 Å². The number of nitrogens with zero attached hydrogens (tertiary/aromatic N) is 3. The maximum atomic E-state index is 13.8. The van der Waals surface area contributed by atoms with Gasteiger partial charge in [0, 0.05) is 18.2 Å². The van der Waals surface area contributed by atoms with E-state index in [4.69, 9.17) is 4.74 Å². The van der Waals surface area contributed by atoms with Crippen LogP contribution >= 0.6 is 0 Å². The summed E-state index contributed by atoms with van der Waals surface area (Å²) in [6.07, 6.45) is 3.19. The SMILES string of the molecule is O=C1NCCOc2ccc(F)cc2[C@@H](CCF)Nc2ccn3ncc1c3n2. The summed E-state index contributed by atoms with van der Waals surface area (Å²) in [5, 5.41) is 9.97. The van der Waals surface area contributed by atoms with E-state index in [9.17, 15) is 13.6 Å². The number of halogens is 2. The number of alkyl halides is 1. The number of carbonyl (C=O) groups is 1. The molecule has 3 heterocycles. The molecule has 0 spiro atoms. The van der Waals surface area contributed by atoms with Gasteiger partial charge in [0.15, 0.2) is 5.65 Å². The van der Waals surface area contributed by atoms with Crippen molar-refractivity contribution in [3.63, 3.8) is 0 Å². The molecule has 1 amide bonds. The van der Waals surface area contributed by atoms with E-state index in [2.05, 4.69) is 20.7 Å². The Morgan fingerprint density at radius 3 is 3.07 bits per heavy atom. The molecular weight excluding hydrogens is 356 g/mol. The molecule has 9 heteroatoms. The van der Waals surface area contributed by atoms with Crippen LogP contribution in [0, 0.1) is 5.82 Å². The molecule has 7 nitrogen and oxygen atoms in total. The second-order valence-electron chi connectivity index (χ2n) is 6.10. The number of ether oxygens (including phenoxy) is 1. The van der Waals surface area contributed by atoms with Gasteiger partial charge in [-0.05, 0) is 24.3 Å². The van der Waals surface area contributed by atoms with Crippen LogP contribution < -0.4 is 15.4 Å². The van der Waals surface area contributed by atoms with E-state index < -0.39 is 18.5 Å². The first-order valence-electron chi connectivity index (χ1n) is 8.53. The molecule has 2 bridgehead atoms. The van der Waals surface area contributed by atoms with Gasteiger partial charge in [0.1, 0.15) is 29.6 Å². The Hall–Kier alpha value is -3.23. The monoisotopic (exact) mass is 373 g/mol. The minimum absolute atomic E-state index is 0.107. The van der Waals surface area contributed by atoms with E-state index in [1.54, 1.807) is 12.3 Å². The van der Waals surface area contributed by atoms with Crippen molar-refractivity contribution in [3.8, 4) is 5.75 Å². The fourth-order valence-electron chi connectivity index (χ4n) is 3.05. The number of carbonyl (C=O) groups excluding carboxylic acids is 1. The molecule has 0 saturated heterocycles. The predicted molar refractivity (Wildman–Crippen MR) is 94.2 cm³/mol. The number of hydrogen-bond donors (Lipinski definition) is 2. The largest absolute Gasteiger partial charge is 0.491 e. The molecule has 0 fully saturated rings. The molecule has 1 aromatic carbocycles. The van der Waals surface area contributed by atoms with Gasteiger partial charge in [-0.2, -0.15) is 5.10 Å². The number of anilines is 1. The van der Waals surface area contributed by atoms with Gasteiger partial charge in [-0.1, -0.05) is 0 Å². The summed E-state index contributed by atoms with van der Waals surface area (Å²) < 4.78 is 34.2. The number of fused-ring (bicyclic) bond motifs is 2. The molecule has 0 unspecified atom stereocenters. The van der Waals surface area contributed by atoms with Gasteiger partial charge in [0.25, 0.3) is 5.91 Å². The van der Waals surface area contributed by atoms with Crippen LogP contribution in [0.1, 0.15) is 28.4 Å². The van der Waals surface area contributed by atoms with Gasteiger partial charge < -0.3 is 15.4 Å². The Morgan fingerprint density at radius 2 is 2.22 bits per heavy atom. The Labute approximate surface area is 153 Å². The second-order valence-corrected chi connectivity index (χ2v) is 6.10. The normalized spacial score (nSPS) is 17.1. The van der Waals surface area contributed by atoms with Crippen LogP contribution in [0.2, 0.25) is 0 Å². The van der Waals surface area contributed by atoms with Crippen LogP contribution in [0.15, 0.2) is 36.7 Å². The van der Waals surface area contributed by atoms with Crippen molar-refractivity contribution in [1.29, 1.82) is 0 Å². The fourth-order valence-corrected chi connectivity index (χ4v) is 3.05. The van der Waals surface area contributed by atoms with E-state index in [0.29, 0.717) is 28.3 Å². The smallest absolute Gasteiger partial charge is 0.256 e. The zero-order valence-electron chi connectivity index (χ0n) is 14.3. The minimum atomic E-state index is -0.603. The molecule has 3 aromatic rings. The molecule has 1 aliphatic rings. The highest BCUT2D eigenvalue weighted by atomic mass is 19.1. The summed E-state index contributed by atoms with van der Waals surface area (Å²) >= 11 is 0. The van der Waals surface area contributed by atoms with Gasteiger partial charge in [0.2, 0.25) is 0 Å². The first-order chi connectivity index (χ1) is 13.2. The number of benzene rings is 1. The summed E-state index contributed by atoms with van der Waals surface area (Å²) in [5.41, 5.74) is 1.19. The number of nitrogens with one attached hydrogen (secondary N) is 2. The number of rotatable bonds is 2. The third kappa shape index (κ3) is 3.40. The molecular formula is C18H17F2N5O2. The highest BCUT2D eigenvalue weighted by Gasteiger charge is 2.20. The molecule has 0 saturated carbocycles. The standard InChI is InChI=1S/C18H17F2N5O2/c19-5-3-14-12-9-11(20)1-2-15(12)27-8-6-21-18(26)13-10-22-25-7-4-16(23-14)24-17(13)25/h1-2,4,7,9-10,14H,3,5-6,8H2,(H,21,26)(H,23,24)/t14-/m1/s1. The van der Waals surface area contributed by atoms with Crippen molar-refractivity contribution in [2.45, 2.75) is 12.5 Å². The number of hydrogen-bond acceptors (Lipinski definition) is 5. The Kier molecular flexibility index (Phi) is 4.57. The Bertz CT molecular complexity index is 991. The average Bonchev–Trinajstić information content (AvgIpc) is 3.08. The van der Waals surface area contributed by atoms with Gasteiger partial charge in [-0.3, -0.25) is 9.18 Å². The second kappa shape index (κ2) is 7.18. The lowest BCUT2D eigenvalue weighted by Gasteiger charge is -2.21. The first-order valence-corrected chi connectivity index (χ1v) is 8.53. The lowest BCUT2D eigenvalue weighted by molar-refractivity contribution is 0.0948. The first kappa shape index (κ1) is 17.2. The summed E-state index contributed by atoms with van der Waals surface area (Å²) in [6.45, 7) is -0.177. The third-order valence-electron chi connectivity index (χ3n) is 4.33. The lowest BCUT2D eigenvalue weighted by Crippen LogP contribution is -2.28. The predicted octanol–water partition coefficient (Wildman–Crippen LogP) is 2.50. The third-order valence-corrected chi connectivity index (χ3v) is 4.33. The molecule has 1 atom stereocenters. The van der Waals surface area contributed by atoms with Crippen LogP contribution in [-0.4, -0.2) is 40.3 Å². The van der Waals surface area contributed by atoms with Crippen LogP contribution in [0.25, 0.3) is 5.65 Å². The average molecular weight is 373 g/mol. The molecule has 0 aliphatic carbocycles. The molecule has 0 radical (unpaired) electrons. The molecule has 140 valence electrons. The van der Waals surface area contributed by atoms with Crippen molar-refractivity contribution in [3.05, 3.63) is 53.6 Å². The van der Waals surface area contributed by atoms with E-state index in [1.165, 1.54) is 28.9 Å². The summed E-state index contributed by atoms with van der Waals surface area (Å²) in [7, 11) is 0. The van der Waals surface area contributed by atoms with Crippen molar-refractivity contribution < 1.29 is 18.3 Å². The van der Waals surface area contributed by atoms with E-state index in [-0.39, 0.29) is 25.5 Å². The van der Waals surface area contributed by atoms with Crippen LogP contribution in [-0.2, 0) is 0 Å². The summed E-state index contributed by atoms with van der Waals surface area (Å²) in [5.74, 6) is 0.0872. The van der Waals surface area contributed by atoms with Crippen LogP contribution in [0.4, 0.5) is 14.6 Å². The number of amides is 1. The maximum absolute atomic E-state index is 13.8. The highest BCUT2D eigenvalue weighted by Crippen LogP contribution is 2.31. The van der Waals surface area contributed by atoms with E-state index in [0.717, 1.165) is 0 Å². The van der Waals surface area contributed by atoms with Gasteiger partial charge >= 0.3 is 0 Å². The van der Waals surface area contributed by atoms with Crippen molar-refractivity contribution in [1.82, 2.24) is 19.9 Å². The topological polar surface area (TPSA) is 80.5 Å². The quantitative estimate of drug-likeness (QED) is 0.722. The van der Waals surface area contributed by atoms with Gasteiger partial charge in [0.05, 0.1) is 25.5 Å². The van der Waals surface area contributed by atoms with Crippen LogP contribution in [0.3, 0.4) is 0 Å². The zero-order valence-corrected chi connectivity index (χ0v) is 14.3. The fraction of sp³-hybridized carbons (Fsp3) is 0.278. The van der Waals surface area contributed by atoms with Crippen molar-refractivity contribution in [2.24, 2.45) is 0 Å². The molecule has 1 aliphatic heterocycles. The maximum Gasteiger partial charge on any atom is 0.256 e. The summed E-state index contributed by atoms with van der Waals surface area (Å²) in [4.78, 5) is 16.8. The molecule has 4 rings (SSSR count). The van der Waals surface area contributed by atoms with Crippen molar-refractivity contribution >= 4 is 17.4 Å². The van der Waals surface area contributed by atoms with Gasteiger partial charge in [-0.25, -0.2) is 13.9 Å². The van der Waals surface area contributed by atoms with Gasteiger partial charge in [-0.15, -0.1) is 0 Å². The highest BCUT2D eigenvalue weighted by molar-refractivity contribution is 5.99. The number of aromatic nitrogens is 3. The van der Waals surface area contributed by atoms with Crippen LogP contribution in [0.5, 0.6) is 5.75 Å². The Balaban J connectivity index is 1.81. The van der Waals surface area contributed by atoms with E-state index >= 15 is 0 Å².